The highest BCUT2D eigenvalue weighted by Gasteiger charge is 2.25. The number of alkyl carbamates (subject to hydrolysis) is 1. The van der Waals surface area contributed by atoms with Gasteiger partial charge in [-0.05, 0) is 18.4 Å². The number of aromatic nitrogens is 2. The Morgan fingerprint density at radius 3 is 2.50 bits per heavy atom. The van der Waals surface area contributed by atoms with Gasteiger partial charge in [-0.1, -0.05) is 55.5 Å². The number of amides is 2. The van der Waals surface area contributed by atoms with Crippen molar-refractivity contribution in [3.63, 3.8) is 0 Å². The first-order chi connectivity index (χ1) is 11.5. The first kappa shape index (κ1) is 17.9. The summed E-state index contributed by atoms with van der Waals surface area (Å²) in [4.78, 5) is 24.3. The molecule has 2 N–H and O–H groups in total. The Morgan fingerprint density at radius 2 is 1.92 bits per heavy atom. The molecule has 0 aliphatic heterocycles. The van der Waals surface area contributed by atoms with E-state index in [-0.39, 0.29) is 18.4 Å². The fourth-order valence-electron chi connectivity index (χ4n) is 1.96. The fraction of sp³-hybridized carbons (Fsp3) is 0.375. The van der Waals surface area contributed by atoms with Crippen LogP contribution in [0.4, 0.5) is 9.93 Å². The number of carbonyl (C=O) groups is 2. The number of rotatable bonds is 6. The van der Waals surface area contributed by atoms with Gasteiger partial charge < -0.3 is 10.1 Å². The molecule has 2 rings (SSSR count). The molecule has 0 aliphatic carbocycles. The molecule has 8 heteroatoms. The summed E-state index contributed by atoms with van der Waals surface area (Å²) in [6.07, 6.45) is -0.638. The maximum Gasteiger partial charge on any atom is 0.408 e. The average Bonchev–Trinajstić information content (AvgIpc) is 2.96. The number of nitrogens with zero attached hydrogens (tertiary/aromatic N) is 2. The maximum atomic E-state index is 12.3. The summed E-state index contributed by atoms with van der Waals surface area (Å²) in [5, 5.41) is 14.1. The number of anilines is 1. The molecular formula is C16H20N4O3S. The molecule has 128 valence electrons. The lowest BCUT2D eigenvalue weighted by molar-refractivity contribution is -0.119. The van der Waals surface area contributed by atoms with Gasteiger partial charge in [0.15, 0.2) is 0 Å². The Balaban J connectivity index is 1.89. The zero-order valence-electron chi connectivity index (χ0n) is 13.8. The maximum absolute atomic E-state index is 12.3. The van der Waals surface area contributed by atoms with E-state index in [1.165, 1.54) is 11.3 Å². The van der Waals surface area contributed by atoms with Gasteiger partial charge in [0.05, 0.1) is 0 Å². The van der Waals surface area contributed by atoms with Crippen LogP contribution in [0, 0.1) is 12.8 Å². The minimum absolute atomic E-state index is 0.108. The van der Waals surface area contributed by atoms with Crippen LogP contribution in [-0.4, -0.2) is 28.2 Å². The second-order valence-corrected chi connectivity index (χ2v) is 6.72. The van der Waals surface area contributed by atoms with Crippen molar-refractivity contribution >= 4 is 28.5 Å². The van der Waals surface area contributed by atoms with Gasteiger partial charge >= 0.3 is 6.09 Å². The van der Waals surface area contributed by atoms with E-state index in [1.807, 2.05) is 44.2 Å². The van der Waals surface area contributed by atoms with Gasteiger partial charge in [0.2, 0.25) is 11.0 Å². The highest BCUT2D eigenvalue weighted by Crippen LogP contribution is 2.15. The average molecular weight is 348 g/mol. The minimum atomic E-state index is -0.725. The SMILES string of the molecule is Cc1nnc(NC(=O)[C@@H](NC(=O)OCc2ccccc2)C(C)C)s1. The summed E-state index contributed by atoms with van der Waals surface area (Å²) in [5.41, 5.74) is 0.877. The van der Waals surface area contributed by atoms with Crippen molar-refractivity contribution in [3.8, 4) is 0 Å². The lowest BCUT2D eigenvalue weighted by Gasteiger charge is -2.20. The van der Waals surface area contributed by atoms with Gasteiger partial charge in [0, 0.05) is 0 Å². The largest absolute Gasteiger partial charge is 0.445 e. The monoisotopic (exact) mass is 348 g/mol. The Morgan fingerprint density at radius 1 is 1.21 bits per heavy atom. The lowest BCUT2D eigenvalue weighted by Crippen LogP contribution is -2.47. The van der Waals surface area contributed by atoms with Crippen molar-refractivity contribution in [1.29, 1.82) is 0 Å². The van der Waals surface area contributed by atoms with Crippen molar-refractivity contribution in [2.45, 2.75) is 33.4 Å². The summed E-state index contributed by atoms with van der Waals surface area (Å²) in [7, 11) is 0. The van der Waals surface area contributed by atoms with E-state index < -0.39 is 12.1 Å². The van der Waals surface area contributed by atoms with Crippen LogP contribution in [0.1, 0.15) is 24.4 Å². The third-order valence-electron chi connectivity index (χ3n) is 3.19. The van der Waals surface area contributed by atoms with Gasteiger partial charge in [0.25, 0.3) is 0 Å². The molecule has 0 saturated heterocycles. The van der Waals surface area contributed by atoms with Crippen LogP contribution in [0.2, 0.25) is 0 Å². The van der Waals surface area contributed by atoms with Crippen LogP contribution in [0.3, 0.4) is 0 Å². The van der Waals surface area contributed by atoms with E-state index in [0.717, 1.165) is 10.6 Å². The number of aryl methyl sites for hydroxylation is 1. The molecule has 24 heavy (non-hydrogen) atoms. The molecule has 2 amide bonds. The van der Waals surface area contributed by atoms with Crippen LogP contribution in [0.15, 0.2) is 30.3 Å². The van der Waals surface area contributed by atoms with Crippen molar-refractivity contribution in [3.05, 3.63) is 40.9 Å². The minimum Gasteiger partial charge on any atom is -0.445 e. The number of hydrogen-bond acceptors (Lipinski definition) is 6. The molecular weight excluding hydrogens is 328 g/mol. The molecule has 1 aromatic heterocycles. The van der Waals surface area contributed by atoms with E-state index in [9.17, 15) is 9.59 Å². The van der Waals surface area contributed by atoms with E-state index in [4.69, 9.17) is 4.74 Å². The van der Waals surface area contributed by atoms with Crippen LogP contribution < -0.4 is 10.6 Å². The number of carbonyl (C=O) groups excluding carboxylic acids is 2. The Labute approximate surface area is 144 Å². The summed E-state index contributed by atoms with van der Waals surface area (Å²) < 4.78 is 5.16. The summed E-state index contributed by atoms with van der Waals surface area (Å²) >= 11 is 1.27. The number of benzene rings is 1. The molecule has 2 aromatic rings. The fourth-order valence-corrected chi connectivity index (χ4v) is 2.55. The normalized spacial score (nSPS) is 11.8. The van der Waals surface area contributed by atoms with Gasteiger partial charge in [-0.2, -0.15) is 0 Å². The predicted molar refractivity (Wildman–Crippen MR) is 91.7 cm³/mol. The highest BCUT2D eigenvalue weighted by atomic mass is 32.1. The predicted octanol–water partition coefficient (Wildman–Crippen LogP) is 2.74. The third-order valence-corrected chi connectivity index (χ3v) is 3.95. The Hall–Kier alpha value is -2.48. The molecule has 0 spiro atoms. The summed E-state index contributed by atoms with van der Waals surface area (Å²) in [5.74, 6) is -0.457. The topological polar surface area (TPSA) is 93.2 Å². The van der Waals surface area contributed by atoms with E-state index in [2.05, 4.69) is 20.8 Å². The van der Waals surface area contributed by atoms with Crippen molar-refractivity contribution in [2.24, 2.45) is 5.92 Å². The summed E-state index contributed by atoms with van der Waals surface area (Å²) in [6, 6.07) is 8.61. The van der Waals surface area contributed by atoms with Crippen molar-refractivity contribution < 1.29 is 14.3 Å². The summed E-state index contributed by atoms with van der Waals surface area (Å²) in [6.45, 7) is 5.63. The van der Waals surface area contributed by atoms with Crippen LogP contribution in [0.25, 0.3) is 0 Å². The zero-order valence-corrected chi connectivity index (χ0v) is 14.6. The van der Waals surface area contributed by atoms with Crippen molar-refractivity contribution in [2.75, 3.05) is 5.32 Å². The second-order valence-electron chi connectivity index (χ2n) is 5.54. The quantitative estimate of drug-likeness (QED) is 0.837. The van der Waals surface area contributed by atoms with Crippen molar-refractivity contribution in [1.82, 2.24) is 15.5 Å². The first-order valence-electron chi connectivity index (χ1n) is 7.54. The van der Waals surface area contributed by atoms with E-state index in [1.54, 1.807) is 6.92 Å². The van der Waals surface area contributed by atoms with Gasteiger partial charge in [-0.15, -0.1) is 10.2 Å². The molecule has 0 radical (unpaired) electrons. The molecule has 0 unspecified atom stereocenters. The van der Waals surface area contributed by atoms with E-state index >= 15 is 0 Å². The second kappa shape index (κ2) is 8.39. The van der Waals surface area contributed by atoms with Crippen LogP contribution in [-0.2, 0) is 16.1 Å². The molecule has 1 heterocycles. The highest BCUT2D eigenvalue weighted by molar-refractivity contribution is 7.15. The van der Waals surface area contributed by atoms with Gasteiger partial charge in [-0.3, -0.25) is 10.1 Å². The molecule has 0 saturated carbocycles. The standard InChI is InChI=1S/C16H20N4O3S/c1-10(2)13(14(21)18-15-20-19-11(3)24-15)17-16(22)23-9-12-7-5-4-6-8-12/h4-8,10,13H,9H2,1-3H3,(H,17,22)(H,18,20,21)/t13-/m0/s1. The number of hydrogen-bond donors (Lipinski definition) is 2. The molecule has 0 bridgehead atoms. The number of ether oxygens (including phenoxy) is 1. The molecule has 7 nitrogen and oxygen atoms in total. The smallest absolute Gasteiger partial charge is 0.408 e. The van der Waals surface area contributed by atoms with E-state index in [0.29, 0.717) is 5.13 Å². The molecule has 0 aliphatic rings. The lowest BCUT2D eigenvalue weighted by atomic mass is 10.0. The van der Waals surface area contributed by atoms with Gasteiger partial charge in [0.1, 0.15) is 17.7 Å². The van der Waals surface area contributed by atoms with Gasteiger partial charge in [-0.25, -0.2) is 4.79 Å². The molecule has 1 aromatic carbocycles. The zero-order chi connectivity index (χ0) is 17.5. The Bertz CT molecular complexity index is 688. The van der Waals surface area contributed by atoms with Crippen LogP contribution in [0.5, 0.6) is 0 Å². The Kier molecular flexibility index (Phi) is 6.25. The van der Waals surface area contributed by atoms with Crippen LogP contribution >= 0.6 is 11.3 Å². The first-order valence-corrected chi connectivity index (χ1v) is 8.35. The number of nitrogens with one attached hydrogen (secondary N) is 2. The molecule has 1 atom stereocenters. The molecule has 0 fully saturated rings. The third kappa shape index (κ3) is 5.31.